The molecule has 0 fully saturated rings. The van der Waals surface area contributed by atoms with E-state index in [1.807, 2.05) is 31.2 Å². The van der Waals surface area contributed by atoms with Gasteiger partial charge < -0.3 is 4.74 Å². The molecule has 0 saturated heterocycles. The molecule has 1 aromatic rings. The van der Waals surface area contributed by atoms with Crippen LogP contribution < -0.4 is 4.74 Å². The molecule has 0 aromatic heterocycles. The summed E-state index contributed by atoms with van der Waals surface area (Å²) < 4.78 is 18.3. The molecule has 0 aliphatic heterocycles. The van der Waals surface area contributed by atoms with Gasteiger partial charge in [0.25, 0.3) is 0 Å². The molecule has 0 aliphatic carbocycles. The van der Waals surface area contributed by atoms with Gasteiger partial charge in [0.05, 0.1) is 7.11 Å². The Morgan fingerprint density at radius 1 is 1.50 bits per heavy atom. The summed E-state index contributed by atoms with van der Waals surface area (Å²) in [5, 5.41) is -0.183. The predicted octanol–water partition coefficient (Wildman–Crippen LogP) is 3.72. The van der Waals surface area contributed by atoms with Gasteiger partial charge in [0.15, 0.2) is 5.16 Å². The summed E-state index contributed by atoms with van der Waals surface area (Å²) in [6.45, 7) is 1.92. The Labute approximate surface area is 88.0 Å². The van der Waals surface area contributed by atoms with Gasteiger partial charge in [-0.2, -0.15) is 4.39 Å². The molecule has 3 heteroatoms. The molecular formula is C11H13FOS. The molecule has 0 aliphatic rings. The van der Waals surface area contributed by atoms with Crippen LogP contribution in [0.2, 0.25) is 0 Å². The van der Waals surface area contributed by atoms with Crippen LogP contribution >= 0.6 is 11.8 Å². The van der Waals surface area contributed by atoms with Crippen molar-refractivity contribution in [3.05, 3.63) is 35.0 Å². The number of hydrogen-bond donors (Lipinski definition) is 0. The lowest BCUT2D eigenvalue weighted by atomic mass is 10.2. The van der Waals surface area contributed by atoms with Crippen LogP contribution in [0.1, 0.15) is 12.5 Å². The second kappa shape index (κ2) is 5.70. The molecule has 1 rings (SSSR count). The first kappa shape index (κ1) is 11.1. The first-order chi connectivity index (χ1) is 6.77. The quantitative estimate of drug-likeness (QED) is 0.752. The molecule has 14 heavy (non-hydrogen) atoms. The van der Waals surface area contributed by atoms with Crippen LogP contribution in [0.15, 0.2) is 29.4 Å². The maximum atomic E-state index is 13.2. The number of thioether (sulfide) groups is 1. The summed E-state index contributed by atoms with van der Waals surface area (Å²) >= 11 is 1.18. The Morgan fingerprint density at radius 2 is 2.21 bits per heavy atom. The lowest BCUT2D eigenvalue weighted by Gasteiger charge is -2.03. The Morgan fingerprint density at radius 3 is 2.86 bits per heavy atom. The molecule has 0 amide bonds. The van der Waals surface area contributed by atoms with Crippen LogP contribution in [-0.4, -0.2) is 12.9 Å². The minimum atomic E-state index is -0.183. The van der Waals surface area contributed by atoms with E-state index in [1.54, 1.807) is 7.11 Å². The van der Waals surface area contributed by atoms with Crippen molar-refractivity contribution in [1.82, 2.24) is 0 Å². The van der Waals surface area contributed by atoms with Gasteiger partial charge in [-0.1, -0.05) is 36.9 Å². The van der Waals surface area contributed by atoms with Crippen LogP contribution in [0.4, 0.5) is 4.39 Å². The third-order valence-corrected chi connectivity index (χ3v) is 2.37. The van der Waals surface area contributed by atoms with Gasteiger partial charge in [0, 0.05) is 5.56 Å². The van der Waals surface area contributed by atoms with E-state index >= 15 is 0 Å². The average Bonchev–Trinajstić information content (AvgIpc) is 2.19. The molecule has 1 aromatic carbocycles. The van der Waals surface area contributed by atoms with Crippen LogP contribution in [0, 0.1) is 0 Å². The molecule has 0 bridgehead atoms. The maximum absolute atomic E-state index is 13.2. The third-order valence-electron chi connectivity index (χ3n) is 1.69. The zero-order chi connectivity index (χ0) is 10.4. The molecule has 0 atom stereocenters. The van der Waals surface area contributed by atoms with Crippen molar-refractivity contribution >= 4 is 17.8 Å². The standard InChI is InChI=1S/C11H13FOS/c1-3-14-11(12)8-9-6-4-5-7-10(9)13-2/h4-8H,3H2,1-2H3. The van der Waals surface area contributed by atoms with Crippen LogP contribution in [0.25, 0.3) is 6.08 Å². The Hall–Kier alpha value is -0.960. The van der Waals surface area contributed by atoms with Gasteiger partial charge in [0.2, 0.25) is 0 Å². The number of halogens is 1. The minimum Gasteiger partial charge on any atom is -0.496 e. The van der Waals surface area contributed by atoms with Crippen LogP contribution in [0.3, 0.4) is 0 Å². The summed E-state index contributed by atoms with van der Waals surface area (Å²) in [4.78, 5) is 0. The zero-order valence-corrected chi connectivity index (χ0v) is 9.10. The number of benzene rings is 1. The third kappa shape index (κ3) is 3.07. The normalized spacial score (nSPS) is 11.5. The second-order valence-corrected chi connectivity index (χ2v) is 3.88. The Balaban J connectivity index is 2.89. The van der Waals surface area contributed by atoms with Gasteiger partial charge in [-0.3, -0.25) is 0 Å². The van der Waals surface area contributed by atoms with E-state index in [4.69, 9.17) is 4.74 Å². The SMILES string of the molecule is CCSC(F)=Cc1ccccc1OC. The van der Waals surface area contributed by atoms with E-state index in [0.717, 1.165) is 11.3 Å². The Kier molecular flexibility index (Phi) is 4.53. The van der Waals surface area contributed by atoms with E-state index in [1.165, 1.54) is 17.8 Å². The first-order valence-corrected chi connectivity index (χ1v) is 5.39. The Bertz CT molecular complexity index is 323. The highest BCUT2D eigenvalue weighted by Gasteiger charge is 2.00. The highest BCUT2D eigenvalue weighted by Crippen LogP contribution is 2.25. The molecule has 0 spiro atoms. The number of para-hydroxylation sites is 1. The zero-order valence-electron chi connectivity index (χ0n) is 8.29. The van der Waals surface area contributed by atoms with Crippen molar-refractivity contribution in [2.45, 2.75) is 6.92 Å². The van der Waals surface area contributed by atoms with E-state index in [2.05, 4.69) is 0 Å². The van der Waals surface area contributed by atoms with Crippen molar-refractivity contribution in [2.75, 3.05) is 12.9 Å². The summed E-state index contributed by atoms with van der Waals surface area (Å²) in [7, 11) is 1.58. The second-order valence-electron chi connectivity index (χ2n) is 2.62. The summed E-state index contributed by atoms with van der Waals surface area (Å²) in [6.07, 6.45) is 1.49. The number of rotatable bonds is 4. The van der Waals surface area contributed by atoms with Crippen molar-refractivity contribution in [2.24, 2.45) is 0 Å². The van der Waals surface area contributed by atoms with Gasteiger partial charge >= 0.3 is 0 Å². The van der Waals surface area contributed by atoms with Crippen LogP contribution in [-0.2, 0) is 0 Å². The van der Waals surface area contributed by atoms with Gasteiger partial charge in [0.1, 0.15) is 5.75 Å². The van der Waals surface area contributed by atoms with Crippen LogP contribution in [0.5, 0.6) is 5.75 Å². The van der Waals surface area contributed by atoms with Crippen molar-refractivity contribution in [1.29, 1.82) is 0 Å². The van der Waals surface area contributed by atoms with Crippen molar-refractivity contribution in [3.8, 4) is 5.75 Å². The fourth-order valence-electron chi connectivity index (χ4n) is 1.09. The fourth-order valence-corrected chi connectivity index (χ4v) is 1.57. The lowest BCUT2D eigenvalue weighted by molar-refractivity contribution is 0.414. The lowest BCUT2D eigenvalue weighted by Crippen LogP contribution is -1.85. The molecular weight excluding hydrogens is 199 g/mol. The molecule has 76 valence electrons. The molecule has 0 N–H and O–H groups in total. The molecule has 1 nitrogen and oxygen atoms in total. The van der Waals surface area contributed by atoms with Gasteiger partial charge in [-0.15, -0.1) is 0 Å². The fraction of sp³-hybridized carbons (Fsp3) is 0.273. The maximum Gasteiger partial charge on any atom is 0.157 e. The molecule has 0 unspecified atom stereocenters. The molecule has 0 radical (unpaired) electrons. The van der Waals surface area contributed by atoms with Crippen molar-refractivity contribution < 1.29 is 9.13 Å². The molecule has 0 saturated carbocycles. The van der Waals surface area contributed by atoms with Crippen molar-refractivity contribution in [3.63, 3.8) is 0 Å². The molecule has 0 heterocycles. The summed E-state index contributed by atoms with van der Waals surface area (Å²) in [5.41, 5.74) is 0.772. The monoisotopic (exact) mass is 212 g/mol. The van der Waals surface area contributed by atoms with E-state index < -0.39 is 0 Å². The van der Waals surface area contributed by atoms with E-state index in [0.29, 0.717) is 5.75 Å². The number of methoxy groups -OCH3 is 1. The van der Waals surface area contributed by atoms with Gasteiger partial charge in [-0.05, 0) is 17.9 Å². The predicted molar refractivity (Wildman–Crippen MR) is 60.2 cm³/mol. The smallest absolute Gasteiger partial charge is 0.157 e. The van der Waals surface area contributed by atoms with E-state index in [-0.39, 0.29) is 5.16 Å². The number of hydrogen-bond acceptors (Lipinski definition) is 2. The van der Waals surface area contributed by atoms with Gasteiger partial charge in [-0.25, -0.2) is 0 Å². The van der Waals surface area contributed by atoms with E-state index in [9.17, 15) is 4.39 Å². The largest absolute Gasteiger partial charge is 0.496 e. The minimum absolute atomic E-state index is 0.183. The highest BCUT2D eigenvalue weighted by molar-refractivity contribution is 8.02. The summed E-state index contributed by atoms with van der Waals surface area (Å²) in [6, 6.07) is 7.36. The first-order valence-electron chi connectivity index (χ1n) is 4.41. The summed E-state index contributed by atoms with van der Waals surface area (Å²) in [5.74, 6) is 1.43. The topological polar surface area (TPSA) is 9.23 Å². The average molecular weight is 212 g/mol. The number of ether oxygens (including phenoxy) is 1. The highest BCUT2D eigenvalue weighted by atomic mass is 32.2.